The van der Waals surface area contributed by atoms with Crippen molar-refractivity contribution >= 4 is 5.91 Å². The third kappa shape index (κ3) is 4.87. The first-order chi connectivity index (χ1) is 8.27. The van der Waals surface area contributed by atoms with Gasteiger partial charge in [-0.15, -0.1) is 0 Å². The number of nitrogens with one attached hydrogen (secondary N) is 1. The van der Waals surface area contributed by atoms with Gasteiger partial charge >= 0.3 is 0 Å². The molecule has 0 heterocycles. The molecule has 0 fully saturated rings. The number of methoxy groups -OCH3 is 1. The Balaban J connectivity index is 2.36. The van der Waals surface area contributed by atoms with E-state index in [4.69, 9.17) is 9.47 Å². The van der Waals surface area contributed by atoms with Crippen molar-refractivity contribution in [1.29, 1.82) is 0 Å². The Morgan fingerprint density at radius 3 is 2.82 bits per heavy atom. The summed E-state index contributed by atoms with van der Waals surface area (Å²) in [6.45, 7) is 3.12. The molecule has 1 aromatic carbocycles. The minimum Gasteiger partial charge on any atom is -0.483 e. The highest BCUT2D eigenvalue weighted by Crippen LogP contribution is 2.17. The second kappa shape index (κ2) is 7.68. The first kappa shape index (κ1) is 13.5. The number of aryl methyl sites for hydroxylation is 1. The van der Waals surface area contributed by atoms with Crippen molar-refractivity contribution in [3.05, 3.63) is 29.8 Å². The summed E-state index contributed by atoms with van der Waals surface area (Å²) in [6, 6.07) is 7.74. The Hall–Kier alpha value is -1.55. The number of ether oxygens (including phenoxy) is 2. The summed E-state index contributed by atoms with van der Waals surface area (Å²) in [6.07, 6.45) is 0.890. The third-order valence-corrected chi connectivity index (χ3v) is 2.34. The Kier molecular flexibility index (Phi) is 6.10. The van der Waals surface area contributed by atoms with Gasteiger partial charge in [-0.05, 0) is 18.1 Å². The molecule has 4 heteroatoms. The van der Waals surface area contributed by atoms with E-state index in [1.165, 1.54) is 0 Å². The molecule has 1 N–H and O–H groups in total. The zero-order valence-electron chi connectivity index (χ0n) is 10.4. The predicted octanol–water partition coefficient (Wildman–Crippen LogP) is 1.39. The van der Waals surface area contributed by atoms with Gasteiger partial charge in [0, 0.05) is 13.7 Å². The van der Waals surface area contributed by atoms with Crippen molar-refractivity contribution < 1.29 is 14.3 Å². The van der Waals surface area contributed by atoms with Gasteiger partial charge in [-0.3, -0.25) is 4.79 Å². The second-order valence-corrected chi connectivity index (χ2v) is 3.59. The van der Waals surface area contributed by atoms with Gasteiger partial charge in [0.25, 0.3) is 5.91 Å². The van der Waals surface area contributed by atoms with E-state index < -0.39 is 0 Å². The van der Waals surface area contributed by atoms with E-state index in [1.807, 2.05) is 24.3 Å². The Morgan fingerprint density at radius 1 is 1.35 bits per heavy atom. The summed E-state index contributed by atoms with van der Waals surface area (Å²) in [5.74, 6) is 0.643. The summed E-state index contributed by atoms with van der Waals surface area (Å²) in [5.41, 5.74) is 1.11. The largest absolute Gasteiger partial charge is 0.483 e. The van der Waals surface area contributed by atoms with Crippen LogP contribution in [0.1, 0.15) is 12.5 Å². The standard InChI is InChI=1S/C13H19NO3/c1-3-11-6-4-5-7-12(11)17-10-13(15)14-8-9-16-2/h4-7H,3,8-10H2,1-2H3,(H,14,15). The quantitative estimate of drug-likeness (QED) is 0.729. The fraction of sp³-hybridized carbons (Fsp3) is 0.462. The smallest absolute Gasteiger partial charge is 0.258 e. The minimum absolute atomic E-state index is 0.0424. The molecule has 0 saturated heterocycles. The Labute approximate surface area is 102 Å². The molecule has 1 aromatic rings. The molecule has 0 saturated carbocycles. The van der Waals surface area contributed by atoms with Gasteiger partial charge in [0.2, 0.25) is 0 Å². The zero-order chi connectivity index (χ0) is 12.5. The van der Waals surface area contributed by atoms with E-state index >= 15 is 0 Å². The van der Waals surface area contributed by atoms with Gasteiger partial charge in [0.15, 0.2) is 6.61 Å². The van der Waals surface area contributed by atoms with Crippen LogP contribution in [-0.2, 0) is 16.0 Å². The molecule has 4 nitrogen and oxygen atoms in total. The maximum atomic E-state index is 11.4. The minimum atomic E-state index is -0.132. The number of carbonyl (C=O) groups is 1. The summed E-state index contributed by atoms with van der Waals surface area (Å²) in [7, 11) is 1.60. The van der Waals surface area contributed by atoms with E-state index in [-0.39, 0.29) is 12.5 Å². The first-order valence-electron chi connectivity index (χ1n) is 5.74. The van der Waals surface area contributed by atoms with Crippen LogP contribution in [0.5, 0.6) is 5.75 Å². The van der Waals surface area contributed by atoms with E-state index in [9.17, 15) is 4.79 Å². The lowest BCUT2D eigenvalue weighted by molar-refractivity contribution is -0.123. The summed E-state index contributed by atoms with van der Waals surface area (Å²) >= 11 is 0. The van der Waals surface area contributed by atoms with Gasteiger partial charge in [-0.2, -0.15) is 0 Å². The second-order valence-electron chi connectivity index (χ2n) is 3.59. The van der Waals surface area contributed by atoms with Crippen LogP contribution in [0.15, 0.2) is 24.3 Å². The van der Waals surface area contributed by atoms with Crippen LogP contribution in [0, 0.1) is 0 Å². The molecule has 1 rings (SSSR count). The molecule has 0 aliphatic carbocycles. The van der Waals surface area contributed by atoms with E-state index in [0.29, 0.717) is 13.2 Å². The van der Waals surface area contributed by atoms with Crippen molar-refractivity contribution in [3.8, 4) is 5.75 Å². The molecule has 0 aliphatic heterocycles. The maximum Gasteiger partial charge on any atom is 0.258 e. The summed E-state index contributed by atoms with van der Waals surface area (Å²) in [4.78, 5) is 11.4. The van der Waals surface area contributed by atoms with Gasteiger partial charge in [0.1, 0.15) is 5.75 Å². The lowest BCUT2D eigenvalue weighted by Crippen LogP contribution is -2.31. The zero-order valence-corrected chi connectivity index (χ0v) is 10.4. The van der Waals surface area contributed by atoms with Crippen LogP contribution in [-0.4, -0.2) is 32.8 Å². The fourth-order valence-corrected chi connectivity index (χ4v) is 1.42. The normalized spacial score (nSPS) is 10.0. The number of rotatable bonds is 7. The number of para-hydroxylation sites is 1. The highest BCUT2D eigenvalue weighted by atomic mass is 16.5. The number of hydrogen-bond donors (Lipinski definition) is 1. The molecule has 0 atom stereocenters. The lowest BCUT2D eigenvalue weighted by atomic mass is 10.1. The maximum absolute atomic E-state index is 11.4. The molecule has 0 spiro atoms. The first-order valence-corrected chi connectivity index (χ1v) is 5.74. The average molecular weight is 237 g/mol. The van der Waals surface area contributed by atoms with Crippen LogP contribution in [0.3, 0.4) is 0 Å². The predicted molar refractivity (Wildman–Crippen MR) is 66.2 cm³/mol. The Morgan fingerprint density at radius 2 is 2.12 bits per heavy atom. The SMILES string of the molecule is CCc1ccccc1OCC(=O)NCCOC. The van der Waals surface area contributed by atoms with Gasteiger partial charge < -0.3 is 14.8 Å². The van der Waals surface area contributed by atoms with Gasteiger partial charge in [0.05, 0.1) is 6.61 Å². The summed E-state index contributed by atoms with van der Waals surface area (Å²) < 4.78 is 10.3. The number of hydrogen-bond acceptors (Lipinski definition) is 3. The van der Waals surface area contributed by atoms with Crippen molar-refractivity contribution in [2.24, 2.45) is 0 Å². The molecule has 94 valence electrons. The number of amides is 1. The average Bonchev–Trinajstić information content (AvgIpc) is 2.37. The fourth-order valence-electron chi connectivity index (χ4n) is 1.42. The third-order valence-electron chi connectivity index (χ3n) is 2.34. The molecular weight excluding hydrogens is 218 g/mol. The molecule has 17 heavy (non-hydrogen) atoms. The van der Waals surface area contributed by atoms with Crippen molar-refractivity contribution in [2.45, 2.75) is 13.3 Å². The topological polar surface area (TPSA) is 47.6 Å². The van der Waals surface area contributed by atoms with Crippen LogP contribution in [0.4, 0.5) is 0 Å². The molecule has 0 aromatic heterocycles. The van der Waals surface area contributed by atoms with Crippen molar-refractivity contribution in [3.63, 3.8) is 0 Å². The van der Waals surface area contributed by atoms with Gasteiger partial charge in [-0.1, -0.05) is 25.1 Å². The van der Waals surface area contributed by atoms with E-state index in [1.54, 1.807) is 7.11 Å². The van der Waals surface area contributed by atoms with Crippen LogP contribution in [0.25, 0.3) is 0 Å². The molecule has 0 radical (unpaired) electrons. The van der Waals surface area contributed by atoms with Crippen LogP contribution in [0.2, 0.25) is 0 Å². The van der Waals surface area contributed by atoms with E-state index in [0.717, 1.165) is 17.7 Å². The van der Waals surface area contributed by atoms with Crippen LogP contribution >= 0.6 is 0 Å². The summed E-state index contributed by atoms with van der Waals surface area (Å²) in [5, 5.41) is 2.70. The molecule has 0 aliphatic rings. The lowest BCUT2D eigenvalue weighted by Gasteiger charge is -2.10. The van der Waals surface area contributed by atoms with Gasteiger partial charge in [-0.25, -0.2) is 0 Å². The molecule has 1 amide bonds. The highest BCUT2D eigenvalue weighted by molar-refractivity contribution is 5.77. The number of carbonyl (C=O) groups excluding carboxylic acids is 1. The highest BCUT2D eigenvalue weighted by Gasteiger charge is 2.04. The van der Waals surface area contributed by atoms with Crippen LogP contribution < -0.4 is 10.1 Å². The molecule has 0 bridgehead atoms. The monoisotopic (exact) mass is 237 g/mol. The number of benzene rings is 1. The van der Waals surface area contributed by atoms with E-state index in [2.05, 4.69) is 12.2 Å². The molecule has 0 unspecified atom stereocenters. The Bertz CT molecular complexity index is 352. The van der Waals surface area contributed by atoms with Crippen molar-refractivity contribution in [1.82, 2.24) is 5.32 Å². The van der Waals surface area contributed by atoms with Crippen molar-refractivity contribution in [2.75, 3.05) is 26.9 Å². The molecular formula is C13H19NO3.